The number of hydrogen-bond donors (Lipinski definition) is 6. The molecule has 7 unspecified atom stereocenters. The Hall–Kier alpha value is -3.16. The van der Waals surface area contributed by atoms with Crippen LogP contribution < -0.4 is 5.32 Å². The summed E-state index contributed by atoms with van der Waals surface area (Å²) in [6.07, 6.45) is 71.5. The zero-order valence-corrected chi connectivity index (χ0v) is 52.4. The Balaban J connectivity index is 1.97. The fourth-order valence-electron chi connectivity index (χ4n) is 10.1. The van der Waals surface area contributed by atoms with Crippen molar-refractivity contribution in [3.05, 3.63) is 85.1 Å². The minimum Gasteiger partial charge on any atom is -0.466 e. The van der Waals surface area contributed by atoms with Crippen LogP contribution in [0.3, 0.4) is 0 Å². The summed E-state index contributed by atoms with van der Waals surface area (Å²) in [5, 5.41) is 54.3. The van der Waals surface area contributed by atoms with Gasteiger partial charge in [0, 0.05) is 12.8 Å². The minimum atomic E-state index is -1.58. The lowest BCUT2D eigenvalue weighted by atomic mass is 9.99. The van der Waals surface area contributed by atoms with Crippen molar-refractivity contribution in [2.75, 3.05) is 19.8 Å². The third-order valence-electron chi connectivity index (χ3n) is 15.4. The summed E-state index contributed by atoms with van der Waals surface area (Å²) in [6, 6.07) is -0.838. The van der Waals surface area contributed by atoms with Crippen molar-refractivity contribution in [3.8, 4) is 0 Å². The Morgan fingerprint density at radius 3 is 1.33 bits per heavy atom. The van der Waals surface area contributed by atoms with Crippen LogP contribution in [-0.4, -0.2) is 100 Å². The lowest BCUT2D eigenvalue weighted by molar-refractivity contribution is -0.302. The number of esters is 1. The average molecular weight is 1150 g/mol. The van der Waals surface area contributed by atoms with Gasteiger partial charge >= 0.3 is 5.97 Å². The second-order valence-electron chi connectivity index (χ2n) is 23.1. The van der Waals surface area contributed by atoms with Crippen molar-refractivity contribution in [1.29, 1.82) is 0 Å². The van der Waals surface area contributed by atoms with Crippen LogP contribution in [0.4, 0.5) is 0 Å². The van der Waals surface area contributed by atoms with E-state index in [1.165, 1.54) is 167 Å². The smallest absolute Gasteiger partial charge is 0.305 e. The molecule has 1 saturated heterocycles. The van der Waals surface area contributed by atoms with Gasteiger partial charge in [-0.3, -0.25) is 9.59 Å². The molecule has 0 bridgehead atoms. The van der Waals surface area contributed by atoms with E-state index < -0.39 is 49.5 Å². The predicted octanol–water partition coefficient (Wildman–Crippen LogP) is 16.9. The molecule has 1 aliphatic heterocycles. The predicted molar refractivity (Wildman–Crippen MR) is 342 cm³/mol. The molecule has 0 aliphatic carbocycles. The summed E-state index contributed by atoms with van der Waals surface area (Å²) in [5.74, 6) is -0.211. The minimum absolute atomic E-state index is 0.00817. The maximum absolute atomic E-state index is 13.0. The highest BCUT2D eigenvalue weighted by Crippen LogP contribution is 2.23. The zero-order valence-electron chi connectivity index (χ0n) is 52.4. The number of allylic oxidation sites excluding steroid dienone is 13. The normalized spacial score (nSPS) is 18.7. The molecular formula is C71H125NO10. The number of nitrogens with one attached hydrogen (secondary N) is 1. The van der Waals surface area contributed by atoms with Crippen LogP contribution >= 0.6 is 0 Å². The first-order chi connectivity index (χ1) is 40.2. The van der Waals surface area contributed by atoms with E-state index in [0.29, 0.717) is 19.4 Å². The number of amides is 1. The summed E-state index contributed by atoms with van der Waals surface area (Å²) in [7, 11) is 0. The van der Waals surface area contributed by atoms with Crippen LogP contribution in [-0.2, 0) is 23.8 Å². The summed E-state index contributed by atoms with van der Waals surface area (Å²) in [4.78, 5) is 25.1. The largest absolute Gasteiger partial charge is 0.466 e. The molecule has 1 heterocycles. The van der Waals surface area contributed by atoms with Crippen molar-refractivity contribution < 1.29 is 49.3 Å². The molecule has 1 rings (SSSR count). The molecule has 0 radical (unpaired) electrons. The van der Waals surface area contributed by atoms with E-state index in [1.807, 2.05) is 6.08 Å². The molecule has 0 aromatic rings. The van der Waals surface area contributed by atoms with Gasteiger partial charge < -0.3 is 45.1 Å². The van der Waals surface area contributed by atoms with Crippen molar-refractivity contribution in [3.63, 3.8) is 0 Å². The molecule has 6 N–H and O–H groups in total. The molecule has 1 aliphatic rings. The number of hydrogen-bond acceptors (Lipinski definition) is 10. The number of aliphatic hydroxyl groups is 5. The summed E-state index contributed by atoms with van der Waals surface area (Å²) >= 11 is 0. The number of aliphatic hydroxyl groups excluding tert-OH is 5. The number of unbranched alkanes of at least 4 members (excludes halogenated alkanes) is 32. The molecule has 1 fully saturated rings. The van der Waals surface area contributed by atoms with Crippen LogP contribution in [0.15, 0.2) is 85.1 Å². The number of ether oxygens (including phenoxy) is 3. The Morgan fingerprint density at radius 2 is 0.866 bits per heavy atom. The first-order valence-corrected chi connectivity index (χ1v) is 33.9. The Morgan fingerprint density at radius 1 is 0.463 bits per heavy atom. The molecule has 82 heavy (non-hydrogen) atoms. The quantitative estimate of drug-likeness (QED) is 0.0195. The van der Waals surface area contributed by atoms with E-state index in [2.05, 4.69) is 92.1 Å². The number of rotatable bonds is 58. The van der Waals surface area contributed by atoms with Gasteiger partial charge in [-0.1, -0.05) is 247 Å². The molecule has 0 spiro atoms. The lowest BCUT2D eigenvalue weighted by Gasteiger charge is -2.40. The first kappa shape index (κ1) is 76.9. The molecule has 7 atom stereocenters. The highest BCUT2D eigenvalue weighted by Gasteiger charge is 2.44. The third-order valence-corrected chi connectivity index (χ3v) is 15.4. The molecular weight excluding hydrogens is 1030 g/mol. The second kappa shape index (κ2) is 59.6. The molecule has 11 nitrogen and oxygen atoms in total. The first-order valence-electron chi connectivity index (χ1n) is 33.9. The van der Waals surface area contributed by atoms with Crippen molar-refractivity contribution in [2.45, 2.75) is 333 Å². The van der Waals surface area contributed by atoms with Crippen LogP contribution in [0.25, 0.3) is 0 Å². The molecule has 0 saturated carbocycles. The fourth-order valence-corrected chi connectivity index (χ4v) is 10.1. The van der Waals surface area contributed by atoms with Gasteiger partial charge in [-0.15, -0.1) is 0 Å². The van der Waals surface area contributed by atoms with Crippen LogP contribution in [0.2, 0.25) is 0 Å². The number of carbonyl (C=O) groups is 2. The van der Waals surface area contributed by atoms with Crippen molar-refractivity contribution in [2.24, 2.45) is 0 Å². The maximum Gasteiger partial charge on any atom is 0.305 e. The second-order valence-corrected chi connectivity index (χ2v) is 23.1. The average Bonchev–Trinajstić information content (AvgIpc) is 3.50. The monoisotopic (exact) mass is 1150 g/mol. The van der Waals surface area contributed by atoms with E-state index >= 15 is 0 Å². The van der Waals surface area contributed by atoms with Crippen molar-refractivity contribution in [1.82, 2.24) is 5.32 Å². The maximum atomic E-state index is 13.0. The van der Waals surface area contributed by atoms with Gasteiger partial charge in [-0.05, 0) is 116 Å². The van der Waals surface area contributed by atoms with Gasteiger partial charge in [0.2, 0.25) is 5.91 Å². The van der Waals surface area contributed by atoms with E-state index in [1.54, 1.807) is 6.08 Å². The molecule has 1 amide bonds. The fraction of sp³-hybridized carbons (Fsp3) is 0.775. The third kappa shape index (κ3) is 48.1. The molecule has 0 aromatic carbocycles. The van der Waals surface area contributed by atoms with E-state index in [9.17, 15) is 35.1 Å². The SMILES string of the molecule is CC/C=C/CC/C=C/CC/C=C/C(O)C(COC1OC(CO)C(O)C(O)C1O)NC(=O)CCCCCCCCCCCCC/C=C\C/C=C\CCCCCCCCCCCOC(=O)CCCCCCCCC/C=C\C/C=C\CCCCC. The topological polar surface area (TPSA) is 175 Å². The van der Waals surface area contributed by atoms with Gasteiger partial charge in [-0.25, -0.2) is 0 Å². The van der Waals surface area contributed by atoms with Gasteiger partial charge in [-0.2, -0.15) is 0 Å². The summed E-state index contributed by atoms with van der Waals surface area (Å²) in [6.45, 7) is 4.17. The van der Waals surface area contributed by atoms with Crippen LogP contribution in [0.1, 0.15) is 290 Å². The summed E-state index contributed by atoms with van der Waals surface area (Å²) in [5.41, 5.74) is 0. The van der Waals surface area contributed by atoms with Gasteiger partial charge in [0.15, 0.2) is 6.29 Å². The Labute approximate surface area is 502 Å². The zero-order chi connectivity index (χ0) is 59.5. The van der Waals surface area contributed by atoms with Crippen LogP contribution in [0, 0.1) is 0 Å². The molecule has 474 valence electrons. The van der Waals surface area contributed by atoms with Gasteiger partial charge in [0.1, 0.15) is 24.4 Å². The highest BCUT2D eigenvalue weighted by molar-refractivity contribution is 5.76. The van der Waals surface area contributed by atoms with Crippen molar-refractivity contribution >= 4 is 11.9 Å². The van der Waals surface area contributed by atoms with E-state index in [4.69, 9.17) is 14.2 Å². The summed E-state index contributed by atoms with van der Waals surface area (Å²) < 4.78 is 16.7. The van der Waals surface area contributed by atoms with Gasteiger partial charge in [0.05, 0.1) is 32.0 Å². The molecule has 11 heteroatoms. The number of carbonyl (C=O) groups excluding carboxylic acids is 2. The molecule has 0 aromatic heterocycles. The van der Waals surface area contributed by atoms with Gasteiger partial charge in [0.25, 0.3) is 0 Å². The lowest BCUT2D eigenvalue weighted by Crippen LogP contribution is -2.60. The highest BCUT2D eigenvalue weighted by atomic mass is 16.7. The van der Waals surface area contributed by atoms with Crippen LogP contribution in [0.5, 0.6) is 0 Å². The Kier molecular flexibility index (Phi) is 55.8. The Bertz CT molecular complexity index is 1640. The van der Waals surface area contributed by atoms with E-state index in [0.717, 1.165) is 96.3 Å². The van der Waals surface area contributed by atoms with E-state index in [-0.39, 0.29) is 18.5 Å². The standard InChI is InChI=1S/C71H125NO10/c1-3-5-7-9-11-13-15-16-17-29-33-36-39-43-47-51-55-59-67(76)80-60-56-52-48-44-40-37-34-31-28-26-24-22-20-18-19-21-23-25-27-30-32-35-38-42-46-50-54-58-66(75)72-63(62-81-71-70(79)69(78)68(77)65(61-73)82-71)64(74)57-53-49-45-41-14-12-10-8-6-4-2/h6,8,11,13-14,16-19,22,24,41,53,57,63-65,68-71,73-74,77-79H,3-5,7,9-10,12,15,20-21,23,25-40,42-52,54-56,58-62H2,1-2H3,(H,72,75)/b8-6+,13-11-,17-16-,19-18-,24-22-,41-14+,57-53+.